The highest BCUT2D eigenvalue weighted by molar-refractivity contribution is 6.30. The van der Waals surface area contributed by atoms with Crippen molar-refractivity contribution in [3.8, 4) is 5.75 Å². The molecule has 0 saturated heterocycles. The molecule has 1 amide bonds. The normalized spacial score (nSPS) is 11.4. The van der Waals surface area contributed by atoms with E-state index in [1.165, 1.54) is 12.0 Å². The summed E-state index contributed by atoms with van der Waals surface area (Å²) in [7, 11) is 3.19. The van der Waals surface area contributed by atoms with Crippen LogP contribution in [-0.4, -0.2) is 50.8 Å². The van der Waals surface area contributed by atoms with Crippen LogP contribution >= 0.6 is 24.0 Å². The largest absolute Gasteiger partial charge is 0.492 e. The van der Waals surface area contributed by atoms with Crippen LogP contribution in [0.4, 0.5) is 0 Å². The maximum Gasteiger partial charge on any atom is 0.241 e. The highest BCUT2D eigenvalue weighted by Crippen LogP contribution is 2.15. The van der Waals surface area contributed by atoms with Crippen LogP contribution in [0.1, 0.15) is 0 Å². The van der Waals surface area contributed by atoms with Crippen molar-refractivity contribution >= 4 is 29.9 Å². The molecule has 1 unspecified atom stereocenters. The molecule has 0 heterocycles. The minimum Gasteiger partial charge on any atom is -0.492 e. The third-order valence-electron chi connectivity index (χ3n) is 2.55. The molecule has 0 saturated carbocycles. The molecule has 7 heteroatoms. The Morgan fingerprint density at radius 2 is 2.00 bits per heavy atom. The van der Waals surface area contributed by atoms with E-state index in [0.717, 1.165) is 0 Å². The lowest BCUT2D eigenvalue weighted by Crippen LogP contribution is -2.45. The minimum atomic E-state index is -0.634. The van der Waals surface area contributed by atoms with Crippen molar-refractivity contribution in [1.29, 1.82) is 0 Å². The van der Waals surface area contributed by atoms with Crippen LogP contribution in [0, 0.1) is 0 Å². The third-order valence-corrected chi connectivity index (χ3v) is 2.80. The van der Waals surface area contributed by atoms with Gasteiger partial charge in [-0.15, -0.1) is 12.4 Å². The van der Waals surface area contributed by atoms with E-state index >= 15 is 0 Å². The summed E-state index contributed by atoms with van der Waals surface area (Å²) < 4.78 is 10.3. The lowest BCUT2D eigenvalue weighted by molar-refractivity contribution is -0.132. The highest BCUT2D eigenvalue weighted by Gasteiger charge is 2.17. The van der Waals surface area contributed by atoms with Gasteiger partial charge in [0.15, 0.2) is 0 Å². The molecule has 0 bridgehead atoms. The Balaban J connectivity index is 0.00000361. The Labute approximate surface area is 130 Å². The average molecular weight is 323 g/mol. The first-order chi connectivity index (χ1) is 9.04. The topological polar surface area (TPSA) is 64.8 Å². The van der Waals surface area contributed by atoms with Gasteiger partial charge in [-0.25, -0.2) is 0 Å². The van der Waals surface area contributed by atoms with E-state index in [1.54, 1.807) is 31.3 Å². The van der Waals surface area contributed by atoms with Crippen LogP contribution in [0.2, 0.25) is 5.02 Å². The summed E-state index contributed by atoms with van der Waals surface area (Å²) >= 11 is 5.77. The summed E-state index contributed by atoms with van der Waals surface area (Å²) in [4.78, 5) is 13.3. The quantitative estimate of drug-likeness (QED) is 0.827. The van der Waals surface area contributed by atoms with E-state index in [0.29, 0.717) is 23.9 Å². The van der Waals surface area contributed by atoms with Crippen molar-refractivity contribution < 1.29 is 14.3 Å². The van der Waals surface area contributed by atoms with Gasteiger partial charge in [0, 0.05) is 19.2 Å². The number of nitrogens with zero attached hydrogens (tertiary/aromatic N) is 1. The number of halogens is 2. The van der Waals surface area contributed by atoms with Crippen LogP contribution < -0.4 is 10.5 Å². The molecule has 20 heavy (non-hydrogen) atoms. The van der Waals surface area contributed by atoms with Crippen molar-refractivity contribution in [2.24, 2.45) is 5.73 Å². The van der Waals surface area contributed by atoms with Gasteiger partial charge in [0.1, 0.15) is 18.4 Å². The fourth-order valence-corrected chi connectivity index (χ4v) is 1.60. The van der Waals surface area contributed by atoms with Crippen LogP contribution in [0.15, 0.2) is 24.3 Å². The zero-order chi connectivity index (χ0) is 14.3. The Bertz CT molecular complexity index is 401. The predicted molar refractivity (Wildman–Crippen MR) is 81.7 cm³/mol. The number of amides is 1. The molecule has 114 valence electrons. The van der Waals surface area contributed by atoms with E-state index < -0.39 is 6.04 Å². The molecule has 0 aliphatic heterocycles. The number of nitrogens with two attached hydrogens (primary N) is 1. The number of hydrogen-bond donors (Lipinski definition) is 1. The summed E-state index contributed by atoms with van der Waals surface area (Å²) in [6, 6.07) is 6.42. The molecule has 1 aromatic rings. The summed E-state index contributed by atoms with van der Waals surface area (Å²) in [6.45, 7) is 1.06. The second-order valence-corrected chi connectivity index (χ2v) is 4.56. The zero-order valence-corrected chi connectivity index (χ0v) is 13.1. The van der Waals surface area contributed by atoms with E-state index in [4.69, 9.17) is 26.8 Å². The second-order valence-electron chi connectivity index (χ2n) is 4.12. The molecule has 5 nitrogen and oxygen atoms in total. The molecular formula is C13H20Cl2N2O3. The van der Waals surface area contributed by atoms with Crippen molar-refractivity contribution in [2.75, 3.05) is 33.9 Å². The second kappa shape index (κ2) is 9.83. The number of carbonyl (C=O) groups excluding carboxylic acids is 1. The maximum absolute atomic E-state index is 11.8. The molecule has 1 aromatic carbocycles. The van der Waals surface area contributed by atoms with Gasteiger partial charge in [0.2, 0.25) is 5.91 Å². The molecule has 0 fully saturated rings. The average Bonchev–Trinajstić information content (AvgIpc) is 2.40. The Hall–Kier alpha value is -1.01. The van der Waals surface area contributed by atoms with Crippen molar-refractivity contribution in [3.63, 3.8) is 0 Å². The molecule has 1 rings (SSSR count). The van der Waals surface area contributed by atoms with Crippen LogP contribution in [0.5, 0.6) is 5.75 Å². The lowest BCUT2D eigenvalue weighted by Gasteiger charge is -2.21. The van der Waals surface area contributed by atoms with E-state index in [-0.39, 0.29) is 24.9 Å². The Kier molecular flexibility index (Phi) is 9.33. The van der Waals surface area contributed by atoms with Crippen molar-refractivity contribution in [3.05, 3.63) is 29.3 Å². The number of ether oxygens (including phenoxy) is 2. The minimum absolute atomic E-state index is 0. The number of rotatable bonds is 7. The first kappa shape index (κ1) is 19.0. The SMILES string of the molecule is COCC(N)C(=O)N(C)CCOc1ccc(Cl)cc1.Cl. The van der Waals surface area contributed by atoms with E-state index in [1.807, 2.05) is 0 Å². The third kappa shape index (κ3) is 6.43. The van der Waals surface area contributed by atoms with Crippen molar-refractivity contribution in [2.45, 2.75) is 6.04 Å². The smallest absolute Gasteiger partial charge is 0.241 e. The molecule has 0 radical (unpaired) electrons. The number of carbonyl (C=O) groups is 1. The zero-order valence-electron chi connectivity index (χ0n) is 11.5. The summed E-state index contributed by atoms with van der Waals surface area (Å²) in [5, 5.41) is 0.658. The first-order valence-corrected chi connectivity index (χ1v) is 6.30. The first-order valence-electron chi connectivity index (χ1n) is 5.92. The maximum atomic E-state index is 11.8. The number of benzene rings is 1. The van der Waals surface area contributed by atoms with E-state index in [2.05, 4.69) is 0 Å². The summed E-state index contributed by atoms with van der Waals surface area (Å²) in [5.41, 5.74) is 5.66. The molecule has 0 aliphatic carbocycles. The van der Waals surface area contributed by atoms with Crippen LogP contribution in [0.25, 0.3) is 0 Å². The molecule has 0 spiro atoms. The van der Waals surface area contributed by atoms with Gasteiger partial charge in [-0.05, 0) is 24.3 Å². The van der Waals surface area contributed by atoms with Gasteiger partial charge in [-0.1, -0.05) is 11.6 Å². The fourth-order valence-electron chi connectivity index (χ4n) is 1.48. The lowest BCUT2D eigenvalue weighted by atomic mass is 10.3. The van der Waals surface area contributed by atoms with Crippen LogP contribution in [0.3, 0.4) is 0 Å². The Morgan fingerprint density at radius 1 is 1.40 bits per heavy atom. The van der Waals surface area contributed by atoms with Crippen molar-refractivity contribution in [1.82, 2.24) is 4.90 Å². The standard InChI is InChI=1S/C13H19ClN2O3.ClH/c1-16(13(17)12(15)9-18-2)7-8-19-11-5-3-10(14)4-6-11;/h3-6,12H,7-9,15H2,1-2H3;1H. The molecule has 2 N–H and O–H groups in total. The number of hydrogen-bond acceptors (Lipinski definition) is 4. The Morgan fingerprint density at radius 3 is 2.55 bits per heavy atom. The summed E-state index contributed by atoms with van der Waals surface area (Å²) in [5.74, 6) is 0.549. The fraction of sp³-hybridized carbons (Fsp3) is 0.462. The van der Waals surface area contributed by atoms with Gasteiger partial charge in [0.05, 0.1) is 13.2 Å². The molecule has 1 atom stereocenters. The van der Waals surface area contributed by atoms with E-state index in [9.17, 15) is 4.79 Å². The number of likely N-dealkylation sites (N-methyl/N-ethyl adjacent to an activating group) is 1. The van der Waals surface area contributed by atoms with Gasteiger partial charge in [0.25, 0.3) is 0 Å². The van der Waals surface area contributed by atoms with Gasteiger partial charge < -0.3 is 20.1 Å². The molecule has 0 aliphatic rings. The highest BCUT2D eigenvalue weighted by atomic mass is 35.5. The van der Waals surface area contributed by atoms with Gasteiger partial charge in [-0.2, -0.15) is 0 Å². The predicted octanol–water partition coefficient (Wildman–Crippen LogP) is 1.57. The molecular weight excluding hydrogens is 303 g/mol. The van der Waals surface area contributed by atoms with Gasteiger partial charge in [-0.3, -0.25) is 4.79 Å². The number of methoxy groups -OCH3 is 1. The van der Waals surface area contributed by atoms with Gasteiger partial charge >= 0.3 is 0 Å². The molecule has 0 aromatic heterocycles. The summed E-state index contributed by atoms with van der Waals surface area (Å²) in [6.07, 6.45) is 0. The monoisotopic (exact) mass is 322 g/mol. The van der Waals surface area contributed by atoms with Crippen LogP contribution in [-0.2, 0) is 9.53 Å².